The van der Waals surface area contributed by atoms with Gasteiger partial charge in [-0.25, -0.2) is 9.37 Å². The maximum atomic E-state index is 13.5. The van der Waals surface area contributed by atoms with Crippen molar-refractivity contribution in [3.05, 3.63) is 50.3 Å². The minimum Gasteiger partial charge on any atom is -0.340 e. The molecule has 2 aromatic rings. The van der Waals surface area contributed by atoms with Crippen molar-refractivity contribution in [2.75, 3.05) is 5.32 Å². The number of halogens is 3. The van der Waals surface area contributed by atoms with Gasteiger partial charge in [-0.15, -0.1) is 0 Å². The Morgan fingerprint density at radius 1 is 1.11 bits per heavy atom. The summed E-state index contributed by atoms with van der Waals surface area (Å²) in [6.45, 7) is 3.87. The molecule has 0 unspecified atom stereocenters. The van der Waals surface area contributed by atoms with Gasteiger partial charge >= 0.3 is 0 Å². The zero-order valence-electron chi connectivity index (χ0n) is 9.89. The van der Waals surface area contributed by atoms with E-state index in [1.54, 1.807) is 12.3 Å². The number of aromatic nitrogens is 1. The Kier molecular flexibility index (Phi) is 4.02. The summed E-state index contributed by atoms with van der Waals surface area (Å²) in [5.41, 5.74) is 2.66. The first-order valence-electron chi connectivity index (χ1n) is 5.32. The van der Waals surface area contributed by atoms with Crippen LogP contribution in [0.2, 0.25) is 0 Å². The van der Waals surface area contributed by atoms with Crippen molar-refractivity contribution in [1.29, 1.82) is 0 Å². The van der Waals surface area contributed by atoms with E-state index in [0.717, 1.165) is 21.4 Å². The van der Waals surface area contributed by atoms with Gasteiger partial charge in [0, 0.05) is 16.4 Å². The monoisotopic (exact) mass is 372 g/mol. The number of aryl methyl sites for hydroxylation is 2. The second-order valence-electron chi connectivity index (χ2n) is 4.03. The summed E-state index contributed by atoms with van der Waals surface area (Å²) in [7, 11) is 0. The lowest BCUT2D eigenvalue weighted by Gasteiger charge is -2.12. The maximum absolute atomic E-state index is 13.5. The molecule has 0 aliphatic rings. The highest BCUT2D eigenvalue weighted by Gasteiger charge is 2.07. The molecule has 5 heteroatoms. The molecule has 0 saturated heterocycles. The molecule has 1 N–H and O–H groups in total. The third-order valence-corrected chi connectivity index (χ3v) is 3.61. The van der Waals surface area contributed by atoms with Gasteiger partial charge in [0.25, 0.3) is 0 Å². The Labute approximate surface area is 122 Å². The molecule has 0 bridgehead atoms. The van der Waals surface area contributed by atoms with Crippen LogP contribution in [0.25, 0.3) is 0 Å². The highest BCUT2D eigenvalue weighted by Crippen LogP contribution is 2.27. The van der Waals surface area contributed by atoms with Crippen LogP contribution in [0.1, 0.15) is 11.1 Å². The van der Waals surface area contributed by atoms with Crippen molar-refractivity contribution in [1.82, 2.24) is 4.98 Å². The lowest BCUT2D eigenvalue weighted by Crippen LogP contribution is -1.99. The van der Waals surface area contributed by atoms with Crippen LogP contribution in [0.5, 0.6) is 0 Å². The molecule has 1 heterocycles. The van der Waals surface area contributed by atoms with Crippen LogP contribution in [0, 0.1) is 19.7 Å². The number of hydrogen-bond acceptors (Lipinski definition) is 2. The number of nitrogens with one attached hydrogen (secondary N) is 1. The molecule has 0 atom stereocenters. The van der Waals surface area contributed by atoms with Crippen molar-refractivity contribution in [3.63, 3.8) is 0 Å². The predicted octanol–water partition coefficient (Wildman–Crippen LogP) is 5.11. The number of benzene rings is 1. The molecule has 0 spiro atoms. The number of nitrogens with zero attached hydrogens (tertiary/aromatic N) is 1. The van der Waals surface area contributed by atoms with Gasteiger partial charge < -0.3 is 5.32 Å². The zero-order valence-corrected chi connectivity index (χ0v) is 13.1. The number of rotatable bonds is 2. The average molecular weight is 374 g/mol. The summed E-state index contributed by atoms with van der Waals surface area (Å²) in [4.78, 5) is 4.27. The lowest BCUT2D eigenvalue weighted by atomic mass is 10.2. The van der Waals surface area contributed by atoms with E-state index in [9.17, 15) is 4.39 Å². The van der Waals surface area contributed by atoms with E-state index in [4.69, 9.17) is 0 Å². The van der Waals surface area contributed by atoms with E-state index < -0.39 is 0 Å². The van der Waals surface area contributed by atoms with Crippen LogP contribution in [0.15, 0.2) is 33.3 Å². The quantitative estimate of drug-likeness (QED) is 0.791. The smallest absolute Gasteiger partial charge is 0.139 e. The molecule has 0 aliphatic carbocycles. The van der Waals surface area contributed by atoms with Gasteiger partial charge in [0.05, 0.1) is 4.47 Å². The summed E-state index contributed by atoms with van der Waals surface area (Å²) in [6.07, 6.45) is 1.71. The van der Waals surface area contributed by atoms with Gasteiger partial charge in [-0.2, -0.15) is 0 Å². The molecular weight excluding hydrogens is 363 g/mol. The molecule has 94 valence electrons. The van der Waals surface area contributed by atoms with Crippen molar-refractivity contribution < 1.29 is 4.39 Å². The third-order valence-electron chi connectivity index (χ3n) is 2.57. The standard InChI is InChI=1S/C13H11Br2FN2/c1-7-4-10(15)11(16)5-12(7)18-13-8(2)3-9(14)6-17-13/h3-6H,1-2H3,(H,17,18). The summed E-state index contributed by atoms with van der Waals surface area (Å²) in [5.74, 6) is 0.431. The Balaban J connectivity index is 2.37. The average Bonchev–Trinajstić information content (AvgIpc) is 2.29. The van der Waals surface area contributed by atoms with Crippen molar-refractivity contribution in [2.24, 2.45) is 0 Å². The van der Waals surface area contributed by atoms with Crippen molar-refractivity contribution in [3.8, 4) is 0 Å². The Hall–Kier alpha value is -0.940. The Bertz CT molecular complexity index is 600. The molecule has 0 radical (unpaired) electrons. The molecule has 2 nitrogen and oxygen atoms in total. The first-order chi connectivity index (χ1) is 8.47. The zero-order chi connectivity index (χ0) is 13.3. The van der Waals surface area contributed by atoms with Crippen LogP contribution in [0.3, 0.4) is 0 Å². The van der Waals surface area contributed by atoms with Crippen LogP contribution in [0.4, 0.5) is 15.9 Å². The number of pyridine rings is 1. The fourth-order valence-corrected chi connectivity index (χ4v) is 2.48. The molecule has 2 rings (SSSR count). The SMILES string of the molecule is Cc1cc(Br)c(F)cc1Nc1ncc(Br)cc1C. The van der Waals surface area contributed by atoms with Gasteiger partial charge in [-0.05, 0) is 75.0 Å². The van der Waals surface area contributed by atoms with E-state index in [-0.39, 0.29) is 5.82 Å². The molecule has 0 fully saturated rings. The van der Waals surface area contributed by atoms with Crippen LogP contribution in [-0.2, 0) is 0 Å². The molecule has 18 heavy (non-hydrogen) atoms. The fourth-order valence-electron chi connectivity index (χ4n) is 1.58. The number of hydrogen-bond donors (Lipinski definition) is 1. The highest BCUT2D eigenvalue weighted by atomic mass is 79.9. The normalized spacial score (nSPS) is 10.5. The van der Waals surface area contributed by atoms with E-state index in [2.05, 4.69) is 42.2 Å². The minimum atomic E-state index is -0.294. The van der Waals surface area contributed by atoms with Gasteiger partial charge in [0.15, 0.2) is 0 Å². The van der Waals surface area contributed by atoms with Gasteiger partial charge in [0.1, 0.15) is 11.6 Å². The van der Waals surface area contributed by atoms with Crippen LogP contribution in [-0.4, -0.2) is 4.98 Å². The molecule has 0 amide bonds. The Morgan fingerprint density at radius 3 is 2.50 bits per heavy atom. The molecule has 0 aliphatic heterocycles. The molecule has 1 aromatic heterocycles. The minimum absolute atomic E-state index is 0.294. The topological polar surface area (TPSA) is 24.9 Å². The van der Waals surface area contributed by atoms with E-state index in [1.807, 2.05) is 19.9 Å². The first-order valence-corrected chi connectivity index (χ1v) is 6.91. The second kappa shape index (κ2) is 5.36. The number of anilines is 2. The summed E-state index contributed by atoms with van der Waals surface area (Å²) in [5, 5.41) is 3.14. The van der Waals surface area contributed by atoms with Crippen molar-refractivity contribution >= 4 is 43.4 Å². The summed E-state index contributed by atoms with van der Waals surface area (Å²) >= 11 is 6.53. The molecule has 1 aromatic carbocycles. The predicted molar refractivity (Wildman–Crippen MR) is 78.8 cm³/mol. The first kappa shape index (κ1) is 13.5. The maximum Gasteiger partial charge on any atom is 0.139 e. The van der Waals surface area contributed by atoms with Crippen LogP contribution >= 0.6 is 31.9 Å². The van der Waals surface area contributed by atoms with Crippen molar-refractivity contribution in [2.45, 2.75) is 13.8 Å². The molecular formula is C13H11Br2FN2. The van der Waals surface area contributed by atoms with Gasteiger partial charge in [-0.1, -0.05) is 0 Å². The molecule has 0 saturated carbocycles. The Morgan fingerprint density at radius 2 is 1.83 bits per heavy atom. The lowest BCUT2D eigenvalue weighted by molar-refractivity contribution is 0.621. The van der Waals surface area contributed by atoms with Crippen LogP contribution < -0.4 is 5.32 Å². The van der Waals surface area contributed by atoms with Gasteiger partial charge in [0.2, 0.25) is 0 Å². The summed E-state index contributed by atoms with van der Waals surface area (Å²) in [6, 6.07) is 5.16. The fraction of sp³-hybridized carbons (Fsp3) is 0.154. The largest absolute Gasteiger partial charge is 0.340 e. The summed E-state index contributed by atoms with van der Waals surface area (Å²) < 4.78 is 14.9. The van der Waals surface area contributed by atoms with E-state index in [0.29, 0.717) is 10.2 Å². The second-order valence-corrected chi connectivity index (χ2v) is 5.80. The highest BCUT2D eigenvalue weighted by molar-refractivity contribution is 9.10. The van der Waals surface area contributed by atoms with Gasteiger partial charge in [-0.3, -0.25) is 0 Å². The third kappa shape index (κ3) is 2.90. The van der Waals surface area contributed by atoms with E-state index in [1.165, 1.54) is 6.07 Å². The van der Waals surface area contributed by atoms with E-state index >= 15 is 0 Å².